The van der Waals surface area contributed by atoms with Gasteiger partial charge in [-0.3, -0.25) is 9.36 Å². The second-order valence-electron chi connectivity index (χ2n) is 10.4. The minimum atomic E-state index is -0.359. The molecule has 41 heavy (non-hydrogen) atoms. The van der Waals surface area contributed by atoms with Crippen LogP contribution in [-0.4, -0.2) is 79.4 Å². The summed E-state index contributed by atoms with van der Waals surface area (Å²) in [4.78, 5) is 35.0. The molecule has 212 valence electrons. The first kappa shape index (κ1) is 26.9. The molecule has 1 unspecified atom stereocenters. The Labute approximate surface area is 239 Å². The summed E-state index contributed by atoms with van der Waals surface area (Å²) in [5.74, 6) is 0.590. The van der Waals surface area contributed by atoms with E-state index in [1.165, 1.54) is 5.56 Å². The molecule has 1 atom stereocenters. The average Bonchev–Trinajstić information content (AvgIpc) is 3.37. The zero-order valence-corrected chi connectivity index (χ0v) is 23.2. The summed E-state index contributed by atoms with van der Waals surface area (Å²) >= 11 is 0. The van der Waals surface area contributed by atoms with Gasteiger partial charge in [0.25, 0.3) is 5.91 Å². The highest BCUT2D eigenvalue weighted by Gasteiger charge is 2.32. The standard InChI is InChI=1S/C32H35N5O4/c1-40-18-16-35-17-19-41-28-13-12-25(21-27(28)35)37-30(24-10-6-3-7-11-24)29(34-32(37)39)31(38)36-15-14-33-22-26(36)20-23-8-4-2-5-9-23/h2-13,21,26,33H,14-20,22H2,1H3,(H,34,39). The van der Waals surface area contributed by atoms with Crippen molar-refractivity contribution in [2.75, 3.05) is 57.9 Å². The zero-order chi connectivity index (χ0) is 28.2. The molecule has 9 nitrogen and oxygen atoms in total. The molecule has 9 heteroatoms. The largest absolute Gasteiger partial charge is 0.490 e. The van der Waals surface area contributed by atoms with Crippen molar-refractivity contribution in [2.24, 2.45) is 0 Å². The van der Waals surface area contributed by atoms with E-state index in [-0.39, 0.29) is 17.6 Å². The average molecular weight is 554 g/mol. The number of H-pyrrole nitrogens is 1. The summed E-state index contributed by atoms with van der Waals surface area (Å²) < 4.78 is 12.8. The van der Waals surface area contributed by atoms with Crippen LogP contribution in [0.4, 0.5) is 5.69 Å². The monoisotopic (exact) mass is 553 g/mol. The molecule has 3 aromatic carbocycles. The van der Waals surface area contributed by atoms with Crippen LogP contribution in [-0.2, 0) is 11.2 Å². The lowest BCUT2D eigenvalue weighted by Crippen LogP contribution is -2.54. The van der Waals surface area contributed by atoms with Gasteiger partial charge in [-0.1, -0.05) is 60.7 Å². The predicted molar refractivity (Wildman–Crippen MR) is 159 cm³/mol. The number of methoxy groups -OCH3 is 1. The SMILES string of the molecule is COCCN1CCOc2ccc(-n3c(-c4ccccc4)c(C(=O)N4CCNCC4Cc4ccccc4)[nH]c3=O)cc21. The molecule has 0 radical (unpaired) electrons. The third-order valence-corrected chi connectivity index (χ3v) is 7.81. The third kappa shape index (κ3) is 5.51. The first-order valence-corrected chi connectivity index (χ1v) is 14.1. The van der Waals surface area contributed by atoms with Crippen molar-refractivity contribution in [1.29, 1.82) is 0 Å². The van der Waals surface area contributed by atoms with Crippen LogP contribution < -0.4 is 20.6 Å². The van der Waals surface area contributed by atoms with Crippen molar-refractivity contribution in [2.45, 2.75) is 12.5 Å². The maximum Gasteiger partial charge on any atom is 0.331 e. The molecule has 2 aliphatic heterocycles. The molecule has 3 heterocycles. The van der Waals surface area contributed by atoms with E-state index in [4.69, 9.17) is 9.47 Å². The molecule has 4 aromatic rings. The molecular weight excluding hydrogens is 518 g/mol. The number of hydrogen-bond donors (Lipinski definition) is 2. The van der Waals surface area contributed by atoms with Gasteiger partial charge in [0, 0.05) is 44.9 Å². The Morgan fingerprint density at radius 2 is 1.80 bits per heavy atom. The summed E-state index contributed by atoms with van der Waals surface area (Å²) in [5.41, 5.74) is 4.01. The van der Waals surface area contributed by atoms with Crippen LogP contribution in [0.1, 0.15) is 16.1 Å². The zero-order valence-electron chi connectivity index (χ0n) is 23.2. The Hall–Kier alpha value is -4.34. The van der Waals surface area contributed by atoms with Crippen LogP contribution in [0.15, 0.2) is 83.7 Å². The lowest BCUT2D eigenvalue weighted by molar-refractivity contribution is 0.0631. The van der Waals surface area contributed by atoms with Gasteiger partial charge >= 0.3 is 5.69 Å². The molecule has 0 saturated carbocycles. The van der Waals surface area contributed by atoms with Gasteiger partial charge in [0.1, 0.15) is 18.1 Å². The number of nitrogens with zero attached hydrogens (tertiary/aromatic N) is 3. The number of piperazine rings is 1. The second kappa shape index (κ2) is 12.0. The number of rotatable bonds is 8. The number of nitrogens with one attached hydrogen (secondary N) is 2. The van der Waals surface area contributed by atoms with Crippen molar-refractivity contribution < 1.29 is 14.3 Å². The number of aromatic nitrogens is 2. The van der Waals surface area contributed by atoms with Gasteiger partial charge in [-0.25, -0.2) is 4.79 Å². The minimum absolute atomic E-state index is 0.0376. The smallest absolute Gasteiger partial charge is 0.331 e. The van der Waals surface area contributed by atoms with Crippen LogP contribution in [0.3, 0.4) is 0 Å². The lowest BCUT2D eigenvalue weighted by Gasteiger charge is -2.36. The fraction of sp³-hybridized carbons (Fsp3) is 0.312. The number of ether oxygens (including phenoxy) is 2. The van der Waals surface area contributed by atoms with E-state index in [1.807, 2.05) is 71.6 Å². The first-order valence-electron chi connectivity index (χ1n) is 14.1. The quantitative estimate of drug-likeness (QED) is 0.348. The topological polar surface area (TPSA) is 91.8 Å². The van der Waals surface area contributed by atoms with Gasteiger partial charge in [0.15, 0.2) is 0 Å². The van der Waals surface area contributed by atoms with Gasteiger partial charge < -0.3 is 29.6 Å². The molecule has 1 saturated heterocycles. The Balaban J connectivity index is 1.42. The van der Waals surface area contributed by atoms with E-state index in [1.54, 1.807) is 11.7 Å². The molecule has 2 N–H and O–H groups in total. The van der Waals surface area contributed by atoms with Crippen LogP contribution in [0.25, 0.3) is 16.9 Å². The minimum Gasteiger partial charge on any atom is -0.490 e. The van der Waals surface area contributed by atoms with Gasteiger partial charge in [-0.15, -0.1) is 0 Å². The van der Waals surface area contributed by atoms with Crippen LogP contribution in [0.2, 0.25) is 0 Å². The van der Waals surface area contributed by atoms with E-state index < -0.39 is 0 Å². The van der Waals surface area contributed by atoms with Crippen LogP contribution in [0, 0.1) is 0 Å². The number of aromatic amines is 1. The summed E-state index contributed by atoms with van der Waals surface area (Å²) in [6.07, 6.45) is 0.729. The second-order valence-corrected chi connectivity index (χ2v) is 10.4. The number of anilines is 1. The highest BCUT2D eigenvalue weighted by atomic mass is 16.5. The highest BCUT2D eigenvalue weighted by Crippen LogP contribution is 2.35. The molecular formula is C32H35N5O4. The van der Waals surface area contributed by atoms with Crippen molar-refractivity contribution in [3.8, 4) is 22.7 Å². The van der Waals surface area contributed by atoms with Crippen molar-refractivity contribution in [3.63, 3.8) is 0 Å². The molecule has 1 fully saturated rings. The van der Waals surface area contributed by atoms with Gasteiger partial charge in [0.2, 0.25) is 0 Å². The summed E-state index contributed by atoms with van der Waals surface area (Å²) in [7, 11) is 1.69. The fourth-order valence-corrected chi connectivity index (χ4v) is 5.78. The Bertz CT molecular complexity index is 1550. The summed E-state index contributed by atoms with van der Waals surface area (Å²) in [5, 5.41) is 3.43. The number of imidazole rings is 1. The van der Waals surface area contributed by atoms with Gasteiger partial charge in [-0.2, -0.15) is 0 Å². The molecule has 1 amide bonds. The molecule has 0 spiro atoms. The number of carbonyl (C=O) groups excluding carboxylic acids is 1. The van der Waals surface area contributed by atoms with E-state index in [9.17, 15) is 9.59 Å². The molecule has 1 aromatic heterocycles. The van der Waals surface area contributed by atoms with Crippen LogP contribution >= 0.6 is 0 Å². The molecule has 0 bridgehead atoms. The van der Waals surface area contributed by atoms with Crippen molar-refractivity contribution in [1.82, 2.24) is 19.8 Å². The number of benzene rings is 3. The molecule has 2 aliphatic rings. The van der Waals surface area contributed by atoms with Crippen molar-refractivity contribution in [3.05, 3.63) is 101 Å². The Morgan fingerprint density at radius 1 is 1.02 bits per heavy atom. The fourth-order valence-electron chi connectivity index (χ4n) is 5.78. The third-order valence-electron chi connectivity index (χ3n) is 7.81. The summed E-state index contributed by atoms with van der Waals surface area (Å²) in [6.45, 7) is 4.55. The van der Waals surface area contributed by atoms with Gasteiger partial charge in [0.05, 0.1) is 30.2 Å². The lowest BCUT2D eigenvalue weighted by atomic mass is 10.0. The number of carbonyl (C=O) groups is 1. The molecule has 6 rings (SSSR count). The molecule has 0 aliphatic carbocycles. The van der Waals surface area contributed by atoms with E-state index in [2.05, 4.69) is 27.3 Å². The van der Waals surface area contributed by atoms with Crippen LogP contribution in [0.5, 0.6) is 5.75 Å². The summed E-state index contributed by atoms with van der Waals surface area (Å²) in [6, 6.07) is 25.5. The van der Waals surface area contributed by atoms with E-state index in [0.29, 0.717) is 56.5 Å². The van der Waals surface area contributed by atoms with E-state index >= 15 is 0 Å². The number of fused-ring (bicyclic) bond motifs is 1. The van der Waals surface area contributed by atoms with Crippen molar-refractivity contribution >= 4 is 11.6 Å². The van der Waals surface area contributed by atoms with E-state index in [0.717, 1.165) is 30.0 Å². The predicted octanol–water partition coefficient (Wildman–Crippen LogP) is 3.33. The number of amides is 1. The van der Waals surface area contributed by atoms with Gasteiger partial charge in [-0.05, 0) is 30.2 Å². The normalized spacial score (nSPS) is 16.8. The first-order chi connectivity index (χ1) is 20.1. The maximum absolute atomic E-state index is 14.3. The number of hydrogen-bond acceptors (Lipinski definition) is 6. The Kier molecular flexibility index (Phi) is 7.89. The highest BCUT2D eigenvalue weighted by molar-refractivity contribution is 5.99. The maximum atomic E-state index is 14.3. The Morgan fingerprint density at radius 3 is 2.59 bits per heavy atom.